The van der Waals surface area contributed by atoms with Crippen LogP contribution in [0.15, 0.2) is 18.2 Å². The number of anilines is 1. The molecule has 1 aromatic carbocycles. The van der Waals surface area contributed by atoms with Gasteiger partial charge in [-0.05, 0) is 56.7 Å². The molecule has 2 heterocycles. The minimum Gasteiger partial charge on any atom is -0.454 e. The van der Waals surface area contributed by atoms with Gasteiger partial charge in [-0.2, -0.15) is 0 Å². The van der Waals surface area contributed by atoms with Crippen molar-refractivity contribution >= 4 is 5.69 Å². The fourth-order valence-electron chi connectivity index (χ4n) is 4.10. The lowest BCUT2D eigenvalue weighted by molar-refractivity contribution is 0.173. The highest BCUT2D eigenvalue weighted by molar-refractivity contribution is 5.65. The average molecular weight is 333 g/mol. The predicted molar refractivity (Wildman–Crippen MR) is 95.8 cm³/mol. The van der Waals surface area contributed by atoms with Crippen LogP contribution in [-0.4, -0.2) is 50.4 Å². The van der Waals surface area contributed by atoms with Crippen LogP contribution in [0, 0.1) is 5.92 Å². The number of fused-ring (bicyclic) bond motifs is 1. The molecule has 0 aromatic heterocycles. The van der Waals surface area contributed by atoms with Crippen molar-refractivity contribution in [1.29, 1.82) is 0 Å². The highest BCUT2D eigenvalue weighted by Crippen LogP contribution is 2.41. The third-order valence-corrected chi connectivity index (χ3v) is 5.71. The summed E-state index contributed by atoms with van der Waals surface area (Å²) in [6, 6.07) is 6.08. The Morgan fingerprint density at radius 2 is 1.88 bits per heavy atom. The standard InChI is InChI=1S/C19H29N3O2/c20-16-6-4-15(5-7-16)8-9-21-10-12-22(13-11-21)17-2-1-3-18-19(17)24-14-23-18/h1-3,15-16H,4-14,20H2/i14D2. The van der Waals surface area contributed by atoms with E-state index in [1.165, 1.54) is 38.6 Å². The van der Waals surface area contributed by atoms with Crippen molar-refractivity contribution in [3.8, 4) is 11.5 Å². The quantitative estimate of drug-likeness (QED) is 0.917. The van der Waals surface area contributed by atoms with Crippen LogP contribution in [0.5, 0.6) is 11.5 Å². The van der Waals surface area contributed by atoms with E-state index in [0.717, 1.165) is 37.8 Å². The Morgan fingerprint density at radius 3 is 2.67 bits per heavy atom. The molecule has 1 saturated heterocycles. The molecule has 2 aliphatic heterocycles. The minimum absolute atomic E-state index is 0.430. The van der Waals surface area contributed by atoms with E-state index in [1.54, 1.807) is 6.07 Å². The highest BCUT2D eigenvalue weighted by Gasteiger charge is 2.25. The van der Waals surface area contributed by atoms with E-state index in [4.69, 9.17) is 17.9 Å². The topological polar surface area (TPSA) is 51.0 Å². The second-order valence-corrected chi connectivity index (χ2v) is 7.29. The molecule has 24 heavy (non-hydrogen) atoms. The van der Waals surface area contributed by atoms with Gasteiger partial charge in [-0.1, -0.05) is 6.07 Å². The van der Waals surface area contributed by atoms with E-state index >= 15 is 0 Å². The van der Waals surface area contributed by atoms with Crippen LogP contribution in [0.3, 0.4) is 0 Å². The minimum atomic E-state index is -2.07. The van der Waals surface area contributed by atoms with Crippen LogP contribution in [0.1, 0.15) is 34.8 Å². The zero-order valence-electron chi connectivity index (χ0n) is 16.2. The van der Waals surface area contributed by atoms with E-state index in [2.05, 4.69) is 9.80 Å². The van der Waals surface area contributed by atoms with Crippen LogP contribution < -0.4 is 20.1 Å². The zero-order chi connectivity index (χ0) is 18.1. The van der Waals surface area contributed by atoms with Crippen LogP contribution in [0.25, 0.3) is 0 Å². The Labute approximate surface area is 147 Å². The first-order valence-corrected chi connectivity index (χ1v) is 9.24. The van der Waals surface area contributed by atoms with Gasteiger partial charge in [0.25, 0.3) is 0 Å². The SMILES string of the molecule is [2H]C1([2H])Oc2cccc(N3CCN(CCC4CCC(N)CC4)CC3)c2O1. The maximum atomic E-state index is 7.67. The number of nitrogens with two attached hydrogens (primary N) is 1. The number of piperazine rings is 1. The van der Waals surface area contributed by atoms with E-state index in [0.29, 0.717) is 17.5 Å². The summed E-state index contributed by atoms with van der Waals surface area (Å²) in [6.45, 7) is 3.02. The van der Waals surface area contributed by atoms with Gasteiger partial charge in [0.2, 0.25) is 6.75 Å². The molecule has 2 N–H and O–H groups in total. The lowest BCUT2D eigenvalue weighted by Gasteiger charge is -2.37. The fourth-order valence-corrected chi connectivity index (χ4v) is 4.10. The molecule has 4 rings (SSSR count). The van der Waals surface area contributed by atoms with Gasteiger partial charge >= 0.3 is 0 Å². The molecule has 0 spiro atoms. The number of para-hydroxylation sites is 1. The molecule has 5 heteroatoms. The van der Waals surface area contributed by atoms with Crippen molar-refractivity contribution in [3.63, 3.8) is 0 Å². The third-order valence-electron chi connectivity index (χ3n) is 5.71. The monoisotopic (exact) mass is 333 g/mol. The summed E-state index contributed by atoms with van der Waals surface area (Å²) < 4.78 is 25.9. The van der Waals surface area contributed by atoms with Gasteiger partial charge in [-0.15, -0.1) is 0 Å². The smallest absolute Gasteiger partial charge is 0.231 e. The van der Waals surface area contributed by atoms with Crippen molar-refractivity contribution in [2.45, 2.75) is 38.1 Å². The molecule has 5 nitrogen and oxygen atoms in total. The molecule has 1 aliphatic carbocycles. The van der Waals surface area contributed by atoms with Crippen LogP contribution >= 0.6 is 0 Å². The lowest BCUT2D eigenvalue weighted by atomic mass is 9.84. The molecular weight excluding hydrogens is 302 g/mol. The summed E-state index contributed by atoms with van der Waals surface area (Å²) in [4.78, 5) is 4.82. The van der Waals surface area contributed by atoms with Crippen molar-refractivity contribution in [1.82, 2.24) is 4.90 Å². The Balaban J connectivity index is 1.29. The number of nitrogens with zero attached hydrogens (tertiary/aromatic N) is 2. The number of ether oxygens (including phenoxy) is 2. The van der Waals surface area contributed by atoms with Gasteiger partial charge in [-0.3, -0.25) is 4.90 Å². The molecule has 132 valence electrons. The molecule has 0 radical (unpaired) electrons. The Morgan fingerprint density at radius 1 is 1.08 bits per heavy atom. The molecule has 2 fully saturated rings. The summed E-state index contributed by atoms with van der Waals surface area (Å²) in [5.41, 5.74) is 6.94. The molecule has 0 unspecified atom stereocenters. The van der Waals surface area contributed by atoms with E-state index in [-0.39, 0.29) is 0 Å². The number of hydrogen-bond acceptors (Lipinski definition) is 5. The predicted octanol–water partition coefficient (Wildman–Crippen LogP) is 2.44. The van der Waals surface area contributed by atoms with Crippen molar-refractivity contribution in [3.05, 3.63) is 18.2 Å². The Bertz CT molecular complexity index is 627. The van der Waals surface area contributed by atoms with Gasteiger partial charge in [0, 0.05) is 32.2 Å². The molecule has 1 saturated carbocycles. The lowest BCUT2D eigenvalue weighted by Crippen LogP contribution is -2.47. The van der Waals surface area contributed by atoms with Crippen LogP contribution in [-0.2, 0) is 0 Å². The van der Waals surface area contributed by atoms with Crippen LogP contribution in [0.4, 0.5) is 5.69 Å². The molecular formula is C19H29N3O2. The maximum Gasteiger partial charge on any atom is 0.231 e. The van der Waals surface area contributed by atoms with E-state index in [1.807, 2.05) is 12.1 Å². The average Bonchev–Trinajstić information content (AvgIpc) is 2.95. The van der Waals surface area contributed by atoms with Gasteiger partial charge < -0.3 is 20.1 Å². The largest absolute Gasteiger partial charge is 0.454 e. The maximum absolute atomic E-state index is 7.67. The molecule has 0 atom stereocenters. The number of rotatable bonds is 4. The van der Waals surface area contributed by atoms with Crippen LogP contribution in [0.2, 0.25) is 0 Å². The normalized spacial score (nSPS) is 30.8. The summed E-state index contributed by atoms with van der Waals surface area (Å²) in [6.07, 6.45) is 6.23. The first-order chi connectivity index (χ1) is 12.5. The summed E-state index contributed by atoms with van der Waals surface area (Å²) >= 11 is 0. The second kappa shape index (κ2) is 7.19. The van der Waals surface area contributed by atoms with Crippen molar-refractivity contribution in [2.75, 3.05) is 44.4 Å². The van der Waals surface area contributed by atoms with Gasteiger partial charge in [0.15, 0.2) is 11.5 Å². The summed E-state index contributed by atoms with van der Waals surface area (Å²) in [7, 11) is 0. The third kappa shape index (κ3) is 3.47. The second-order valence-electron chi connectivity index (χ2n) is 7.29. The van der Waals surface area contributed by atoms with E-state index in [9.17, 15) is 0 Å². The molecule has 1 aromatic rings. The van der Waals surface area contributed by atoms with Gasteiger partial charge in [-0.25, -0.2) is 0 Å². The summed E-state index contributed by atoms with van der Waals surface area (Å²) in [5, 5.41) is 0. The van der Waals surface area contributed by atoms with Crippen molar-refractivity contribution in [2.24, 2.45) is 11.7 Å². The zero-order valence-corrected chi connectivity index (χ0v) is 14.2. The van der Waals surface area contributed by atoms with Gasteiger partial charge in [0.1, 0.15) is 2.74 Å². The fraction of sp³-hybridized carbons (Fsp3) is 0.684. The Hall–Kier alpha value is -1.46. The van der Waals surface area contributed by atoms with E-state index < -0.39 is 6.75 Å². The number of benzene rings is 1. The molecule has 3 aliphatic rings. The summed E-state index contributed by atoms with van der Waals surface area (Å²) in [5.74, 6) is 1.87. The van der Waals surface area contributed by atoms with Crippen molar-refractivity contribution < 1.29 is 12.2 Å². The number of hydrogen-bond donors (Lipinski definition) is 1. The van der Waals surface area contributed by atoms with Gasteiger partial charge in [0.05, 0.1) is 5.69 Å². The first-order valence-electron chi connectivity index (χ1n) is 10.2. The highest BCUT2D eigenvalue weighted by atomic mass is 16.7. The molecule has 0 bridgehead atoms. The first kappa shape index (κ1) is 13.8. The Kier molecular flexibility index (Phi) is 4.13. The molecule has 0 amide bonds.